The number of hydrogen-bond acceptors (Lipinski definition) is 6. The van der Waals surface area contributed by atoms with Gasteiger partial charge in [0.15, 0.2) is 0 Å². The zero-order valence-electron chi connectivity index (χ0n) is 21.4. The van der Waals surface area contributed by atoms with Crippen molar-refractivity contribution in [3.63, 3.8) is 0 Å². The van der Waals surface area contributed by atoms with Gasteiger partial charge in [0.2, 0.25) is 0 Å². The number of aromatic nitrogens is 8. The summed E-state index contributed by atoms with van der Waals surface area (Å²) in [4.78, 5) is 33.7. The van der Waals surface area contributed by atoms with Crippen LogP contribution in [0.25, 0.3) is 89.7 Å². The van der Waals surface area contributed by atoms with E-state index in [1.165, 1.54) is 0 Å². The molecule has 7 aromatic rings. The molecule has 9 rings (SSSR count). The molecule has 0 saturated carbocycles. The molecule has 8 nitrogen and oxygen atoms in total. The van der Waals surface area contributed by atoms with Crippen molar-refractivity contribution in [3.8, 4) is 45.6 Å². The van der Waals surface area contributed by atoms with Gasteiger partial charge >= 0.3 is 245 Å². The third-order valence-electron chi connectivity index (χ3n) is 7.61. The van der Waals surface area contributed by atoms with Crippen LogP contribution in [0.4, 0.5) is 0 Å². The van der Waals surface area contributed by atoms with Crippen LogP contribution in [0.2, 0.25) is 0 Å². The second-order valence-corrected chi connectivity index (χ2v) is 10.7. The van der Waals surface area contributed by atoms with Gasteiger partial charge in [-0.3, -0.25) is 0 Å². The molecule has 2 aliphatic rings. The number of aromatic amines is 1. The molecule has 189 valence electrons. The van der Waals surface area contributed by atoms with Gasteiger partial charge in [-0.25, -0.2) is 0 Å². The van der Waals surface area contributed by atoms with Gasteiger partial charge in [0.25, 0.3) is 0 Å². The van der Waals surface area contributed by atoms with E-state index in [2.05, 4.69) is 17.1 Å². The van der Waals surface area contributed by atoms with Crippen molar-refractivity contribution < 1.29 is 20.7 Å². The van der Waals surface area contributed by atoms with Crippen molar-refractivity contribution in [2.24, 2.45) is 0 Å². The van der Waals surface area contributed by atoms with Crippen LogP contribution in [-0.2, 0) is 20.7 Å². The predicted molar refractivity (Wildman–Crippen MR) is 155 cm³/mol. The molecule has 9 heteroatoms. The topological polar surface area (TPSA) is 98.1 Å². The van der Waals surface area contributed by atoms with Crippen LogP contribution in [0.5, 0.6) is 0 Å². The molecule has 41 heavy (non-hydrogen) atoms. The van der Waals surface area contributed by atoms with Gasteiger partial charge in [-0.2, -0.15) is 0 Å². The van der Waals surface area contributed by atoms with Gasteiger partial charge in [0.05, 0.1) is 0 Å². The normalized spacial score (nSPS) is 12.0. The van der Waals surface area contributed by atoms with Crippen molar-refractivity contribution in [2.75, 3.05) is 0 Å². The number of nitrogens with one attached hydrogen (secondary N) is 1. The summed E-state index contributed by atoms with van der Waals surface area (Å²) in [6.07, 6.45) is 0. The van der Waals surface area contributed by atoms with Gasteiger partial charge in [-0.1, -0.05) is 0 Å². The molecule has 5 heterocycles. The van der Waals surface area contributed by atoms with Crippen molar-refractivity contribution >= 4 is 44.1 Å². The Hall–Kier alpha value is -5.05. The Labute approximate surface area is 244 Å². The van der Waals surface area contributed by atoms with E-state index >= 15 is 0 Å². The van der Waals surface area contributed by atoms with Crippen LogP contribution >= 0.6 is 0 Å². The zero-order chi connectivity index (χ0) is 27.1. The summed E-state index contributed by atoms with van der Waals surface area (Å²) in [6, 6.07) is 32.4. The van der Waals surface area contributed by atoms with Crippen LogP contribution in [-0.4, -0.2) is 37.9 Å². The van der Waals surface area contributed by atoms with E-state index in [1.54, 1.807) is 0 Å². The van der Waals surface area contributed by atoms with Gasteiger partial charge in [0, 0.05) is 0 Å². The number of fused-ring (bicyclic) bond motifs is 20. The minimum absolute atomic E-state index is 0.604. The number of nitrogens with zero attached hydrogens (tertiary/aromatic N) is 7. The SMILES string of the molecule is [Ti][n]1c2nc3nc(nc4[nH]c(nc5nc(nc1c1ccccc12)-c1ccccc1-5)c1ccccc41)-c1ccccc1-3. The number of rotatable bonds is 0. The molecule has 0 aliphatic carbocycles. The fourth-order valence-electron chi connectivity index (χ4n) is 5.70. The third-order valence-corrected chi connectivity index (χ3v) is 8.27. The monoisotopic (exact) mass is 561 g/mol. The van der Waals surface area contributed by atoms with Gasteiger partial charge < -0.3 is 0 Å². The molecule has 2 aliphatic heterocycles. The molecule has 0 fully saturated rings. The first-order valence-corrected chi connectivity index (χ1v) is 13.9. The van der Waals surface area contributed by atoms with E-state index in [0.29, 0.717) is 34.6 Å². The molecule has 0 spiro atoms. The first-order valence-electron chi connectivity index (χ1n) is 13.2. The van der Waals surface area contributed by atoms with Crippen LogP contribution in [0.15, 0.2) is 97.1 Å². The Morgan fingerprint density at radius 1 is 0.415 bits per heavy atom. The van der Waals surface area contributed by atoms with Crippen LogP contribution in [0, 0.1) is 0 Å². The van der Waals surface area contributed by atoms with Crippen LogP contribution in [0.1, 0.15) is 0 Å². The molecular weight excluding hydrogens is 544 g/mol. The maximum atomic E-state index is 5.13. The second-order valence-electron chi connectivity index (χ2n) is 9.95. The van der Waals surface area contributed by atoms with E-state index in [1.807, 2.05) is 109 Å². The Morgan fingerprint density at radius 2 is 0.756 bits per heavy atom. The van der Waals surface area contributed by atoms with E-state index < -0.39 is 0 Å². The first-order chi connectivity index (χ1) is 20.2. The average molecular weight is 561 g/mol. The maximum absolute atomic E-state index is 5.13. The Kier molecular flexibility index (Phi) is 4.70. The number of H-pyrrole nitrogens is 1. The fraction of sp³-hybridized carbons (Fsp3) is 0. The molecule has 8 bridgehead atoms. The molecule has 3 aromatic heterocycles. The van der Waals surface area contributed by atoms with Gasteiger partial charge in [0.1, 0.15) is 0 Å². The van der Waals surface area contributed by atoms with E-state index in [9.17, 15) is 0 Å². The van der Waals surface area contributed by atoms with Gasteiger partial charge in [-0.05, 0) is 0 Å². The first kappa shape index (κ1) is 22.7. The Morgan fingerprint density at radius 3 is 1.17 bits per heavy atom. The summed E-state index contributed by atoms with van der Waals surface area (Å²) in [5.74, 6) is 2.44. The summed E-state index contributed by atoms with van der Waals surface area (Å²) < 4.78 is 2.02. The third kappa shape index (κ3) is 3.32. The average Bonchev–Trinajstić information content (AvgIpc) is 3.72. The molecule has 0 amide bonds. The zero-order valence-corrected chi connectivity index (χ0v) is 22.9. The quantitative estimate of drug-likeness (QED) is 0.208. The minimum atomic E-state index is 0.604. The van der Waals surface area contributed by atoms with Crippen molar-refractivity contribution in [1.29, 1.82) is 0 Å². The van der Waals surface area contributed by atoms with Crippen molar-refractivity contribution in [1.82, 2.24) is 37.9 Å². The predicted octanol–water partition coefficient (Wildman–Crippen LogP) is 6.65. The molecular formula is C32H17N8Ti. The standard InChI is InChI=1S/C32H17N8.Ti/c1-2-10-18-17(9-1)25-33-26(18)38-28-21-13-5-6-14-22(21)30(35-28)40-32-24-16-8-7-15-23(24)31(36-32)39-29-20-12-4-3-11-19(20)27(34-29)37-25;/h1-16H,(H-,33,34,35,36,37,38,39,40);/q-1;+1. The molecule has 0 radical (unpaired) electrons. The van der Waals surface area contributed by atoms with E-state index in [-0.39, 0.29) is 0 Å². The fourth-order valence-corrected chi connectivity index (χ4v) is 6.23. The molecule has 4 aromatic carbocycles. The second kappa shape index (κ2) is 8.48. The molecule has 0 saturated heterocycles. The molecule has 1 N–H and O–H groups in total. The van der Waals surface area contributed by atoms with Crippen LogP contribution in [0.3, 0.4) is 0 Å². The Bertz CT molecular complexity index is 2240. The number of hydrogen-bond donors (Lipinski definition) is 1. The Balaban J connectivity index is 1.53. The molecule has 0 unspecified atom stereocenters. The summed E-state index contributed by atoms with van der Waals surface area (Å²) in [5, 5.41) is 3.90. The van der Waals surface area contributed by atoms with E-state index in [0.717, 1.165) is 55.1 Å². The summed E-state index contributed by atoms with van der Waals surface area (Å²) in [5.41, 5.74) is 6.67. The van der Waals surface area contributed by atoms with E-state index in [4.69, 9.17) is 29.9 Å². The summed E-state index contributed by atoms with van der Waals surface area (Å²) >= 11 is 1.99. The summed E-state index contributed by atoms with van der Waals surface area (Å²) in [6.45, 7) is 0. The van der Waals surface area contributed by atoms with Gasteiger partial charge in [-0.15, -0.1) is 0 Å². The van der Waals surface area contributed by atoms with Crippen molar-refractivity contribution in [3.05, 3.63) is 97.1 Å². The summed E-state index contributed by atoms with van der Waals surface area (Å²) in [7, 11) is 0. The molecule has 0 atom stereocenters. The van der Waals surface area contributed by atoms with Crippen molar-refractivity contribution in [2.45, 2.75) is 0 Å². The number of benzene rings is 4. The van der Waals surface area contributed by atoms with Crippen LogP contribution < -0.4 is 0 Å².